The molecule has 2 aliphatic heterocycles. The molecule has 37 heavy (non-hydrogen) atoms. The molecule has 0 unspecified atom stereocenters. The van der Waals surface area contributed by atoms with Crippen molar-refractivity contribution in [1.82, 2.24) is 19.4 Å². The van der Waals surface area contributed by atoms with Crippen LogP contribution in [0, 0.1) is 5.82 Å². The lowest BCUT2D eigenvalue weighted by Crippen LogP contribution is -2.35. The normalized spacial score (nSPS) is 18.7. The van der Waals surface area contributed by atoms with E-state index in [1.54, 1.807) is 18.3 Å². The number of nitrogens with zero attached hydrogens (tertiary/aromatic N) is 4. The standard InChI is InChI=1S/C29H30ClFN4O2/c30-22-8-7-21(25(31)16-22)19-37-29-24(4-3-12-32-29)20-9-13-34(14-10-20)18-28-33-26-5-1-2-6-27(26)35(28)17-23-11-15-36-23/h1-8,12,16,20,23H,9-11,13-15,17-19H2/t23-/m0/s1. The number of hydrogen-bond acceptors (Lipinski definition) is 5. The molecule has 0 saturated carbocycles. The fourth-order valence-electron chi connectivity index (χ4n) is 5.30. The Morgan fingerprint density at radius 1 is 1.05 bits per heavy atom. The number of fused-ring (bicyclic) bond motifs is 1. The first-order valence-corrected chi connectivity index (χ1v) is 13.3. The zero-order valence-electron chi connectivity index (χ0n) is 20.7. The number of imidazole rings is 1. The lowest BCUT2D eigenvalue weighted by Gasteiger charge is -2.33. The smallest absolute Gasteiger partial charge is 0.217 e. The molecule has 2 aromatic heterocycles. The average molecular weight is 521 g/mol. The largest absolute Gasteiger partial charge is 0.472 e. The van der Waals surface area contributed by atoms with Crippen molar-refractivity contribution >= 4 is 22.6 Å². The second-order valence-electron chi connectivity index (χ2n) is 9.88. The third kappa shape index (κ3) is 5.35. The number of benzene rings is 2. The first-order chi connectivity index (χ1) is 18.1. The van der Waals surface area contributed by atoms with E-state index in [1.807, 2.05) is 12.1 Å². The number of ether oxygens (including phenoxy) is 2. The zero-order chi connectivity index (χ0) is 25.2. The number of aromatic nitrogens is 3. The molecule has 8 heteroatoms. The number of likely N-dealkylation sites (tertiary alicyclic amines) is 1. The summed E-state index contributed by atoms with van der Waals surface area (Å²) in [6, 6.07) is 17.0. The maximum absolute atomic E-state index is 14.2. The van der Waals surface area contributed by atoms with Crippen molar-refractivity contribution in [2.75, 3.05) is 19.7 Å². The van der Waals surface area contributed by atoms with E-state index >= 15 is 0 Å². The summed E-state index contributed by atoms with van der Waals surface area (Å²) in [4.78, 5) is 11.9. The van der Waals surface area contributed by atoms with Crippen LogP contribution in [0.1, 0.15) is 42.1 Å². The van der Waals surface area contributed by atoms with Crippen molar-refractivity contribution < 1.29 is 13.9 Å². The maximum Gasteiger partial charge on any atom is 0.217 e. The number of pyridine rings is 1. The number of para-hydroxylation sites is 2. The van der Waals surface area contributed by atoms with Gasteiger partial charge < -0.3 is 14.0 Å². The molecule has 4 heterocycles. The highest BCUT2D eigenvalue weighted by Gasteiger charge is 2.26. The van der Waals surface area contributed by atoms with Gasteiger partial charge in [0.05, 0.1) is 30.2 Å². The van der Waals surface area contributed by atoms with E-state index in [0.717, 1.165) is 69.0 Å². The van der Waals surface area contributed by atoms with E-state index in [0.29, 0.717) is 22.4 Å². The van der Waals surface area contributed by atoms with Crippen molar-refractivity contribution in [2.45, 2.75) is 51.0 Å². The first-order valence-electron chi connectivity index (χ1n) is 12.9. The number of piperidine rings is 1. The Bertz CT molecular complexity index is 1380. The lowest BCUT2D eigenvalue weighted by atomic mass is 9.90. The van der Waals surface area contributed by atoms with Gasteiger partial charge in [0.2, 0.25) is 5.88 Å². The summed E-state index contributed by atoms with van der Waals surface area (Å²) in [6.07, 6.45) is 5.12. The van der Waals surface area contributed by atoms with E-state index < -0.39 is 0 Å². The van der Waals surface area contributed by atoms with E-state index in [-0.39, 0.29) is 18.5 Å². The van der Waals surface area contributed by atoms with Gasteiger partial charge in [0, 0.05) is 29.0 Å². The average Bonchev–Trinajstić information content (AvgIpc) is 3.23. The molecule has 1 atom stereocenters. The van der Waals surface area contributed by atoms with Gasteiger partial charge >= 0.3 is 0 Å². The number of halogens is 2. The molecule has 0 amide bonds. The summed E-state index contributed by atoms with van der Waals surface area (Å²) in [5, 5.41) is 0.374. The summed E-state index contributed by atoms with van der Waals surface area (Å²) in [7, 11) is 0. The fourth-order valence-corrected chi connectivity index (χ4v) is 5.46. The lowest BCUT2D eigenvalue weighted by molar-refractivity contribution is -0.0592. The Balaban J connectivity index is 1.11. The van der Waals surface area contributed by atoms with Gasteiger partial charge in [-0.2, -0.15) is 0 Å². The van der Waals surface area contributed by atoms with Gasteiger partial charge in [-0.25, -0.2) is 14.4 Å². The van der Waals surface area contributed by atoms with Crippen LogP contribution in [0.25, 0.3) is 11.0 Å². The van der Waals surface area contributed by atoms with Crippen molar-refractivity contribution in [3.05, 3.63) is 88.6 Å². The summed E-state index contributed by atoms with van der Waals surface area (Å²) in [5.74, 6) is 1.66. The Labute approximate surface area is 221 Å². The van der Waals surface area contributed by atoms with Crippen LogP contribution < -0.4 is 4.74 Å². The van der Waals surface area contributed by atoms with Crippen molar-refractivity contribution in [2.24, 2.45) is 0 Å². The summed E-state index contributed by atoms with van der Waals surface area (Å²) >= 11 is 5.88. The van der Waals surface area contributed by atoms with Gasteiger partial charge in [0.25, 0.3) is 0 Å². The van der Waals surface area contributed by atoms with Crippen molar-refractivity contribution in [1.29, 1.82) is 0 Å². The van der Waals surface area contributed by atoms with Gasteiger partial charge in [-0.3, -0.25) is 4.90 Å². The molecule has 2 saturated heterocycles. The summed E-state index contributed by atoms with van der Waals surface area (Å²) < 4.78 is 28.3. The fraction of sp³-hybridized carbons (Fsp3) is 0.379. The molecule has 0 aliphatic carbocycles. The molecule has 2 fully saturated rings. The van der Waals surface area contributed by atoms with Gasteiger partial charge in [-0.15, -0.1) is 0 Å². The van der Waals surface area contributed by atoms with Crippen molar-refractivity contribution in [3.63, 3.8) is 0 Å². The molecule has 2 aliphatic rings. The molecule has 6 nitrogen and oxygen atoms in total. The first kappa shape index (κ1) is 24.3. The molecule has 0 bridgehead atoms. The maximum atomic E-state index is 14.2. The predicted octanol–water partition coefficient (Wildman–Crippen LogP) is 5.97. The van der Waals surface area contributed by atoms with E-state index in [1.165, 1.54) is 11.6 Å². The summed E-state index contributed by atoms with van der Waals surface area (Å²) in [5.41, 5.74) is 3.77. The van der Waals surface area contributed by atoms with Crippen LogP contribution in [-0.2, 0) is 24.4 Å². The van der Waals surface area contributed by atoms with Crippen LogP contribution in [0.2, 0.25) is 5.02 Å². The number of rotatable bonds is 8. The third-order valence-electron chi connectivity index (χ3n) is 7.49. The predicted molar refractivity (Wildman–Crippen MR) is 141 cm³/mol. The van der Waals surface area contributed by atoms with Crippen LogP contribution >= 0.6 is 11.6 Å². The van der Waals surface area contributed by atoms with Gasteiger partial charge in [-0.05, 0) is 68.6 Å². The Kier molecular flexibility index (Phi) is 7.09. The van der Waals surface area contributed by atoms with E-state index in [4.69, 9.17) is 26.1 Å². The monoisotopic (exact) mass is 520 g/mol. The Hall–Kier alpha value is -3.00. The molecule has 0 spiro atoms. The van der Waals surface area contributed by atoms with Gasteiger partial charge in [0.1, 0.15) is 18.2 Å². The molecule has 192 valence electrons. The third-order valence-corrected chi connectivity index (χ3v) is 7.72. The highest BCUT2D eigenvalue weighted by molar-refractivity contribution is 6.30. The highest BCUT2D eigenvalue weighted by Crippen LogP contribution is 2.34. The molecule has 0 radical (unpaired) electrons. The number of hydrogen-bond donors (Lipinski definition) is 0. The SMILES string of the molecule is Fc1cc(Cl)ccc1COc1ncccc1C1CCN(Cc2nc3ccccc3n2C[C@@H]2CCO2)CC1. The zero-order valence-corrected chi connectivity index (χ0v) is 21.4. The molecular formula is C29H30ClFN4O2. The second-order valence-corrected chi connectivity index (χ2v) is 10.3. The van der Waals surface area contributed by atoms with Crippen LogP contribution in [0.15, 0.2) is 60.8 Å². The Morgan fingerprint density at radius 2 is 1.89 bits per heavy atom. The Morgan fingerprint density at radius 3 is 2.68 bits per heavy atom. The molecular weight excluding hydrogens is 491 g/mol. The molecule has 2 aromatic carbocycles. The van der Waals surface area contributed by atoms with E-state index in [2.05, 4.69) is 38.7 Å². The second kappa shape index (κ2) is 10.8. The molecule has 0 N–H and O–H groups in total. The topological polar surface area (TPSA) is 52.4 Å². The minimum absolute atomic E-state index is 0.118. The molecule has 6 rings (SSSR count). The minimum atomic E-state index is -0.367. The van der Waals surface area contributed by atoms with Crippen LogP contribution in [0.3, 0.4) is 0 Å². The molecule has 4 aromatic rings. The van der Waals surface area contributed by atoms with Gasteiger partial charge in [0.15, 0.2) is 0 Å². The van der Waals surface area contributed by atoms with Crippen LogP contribution in [0.4, 0.5) is 4.39 Å². The van der Waals surface area contributed by atoms with Gasteiger partial charge in [-0.1, -0.05) is 35.9 Å². The van der Waals surface area contributed by atoms with E-state index in [9.17, 15) is 4.39 Å². The highest BCUT2D eigenvalue weighted by atomic mass is 35.5. The quantitative estimate of drug-likeness (QED) is 0.286. The van der Waals surface area contributed by atoms with Crippen LogP contribution in [0.5, 0.6) is 5.88 Å². The summed E-state index contributed by atoms with van der Waals surface area (Å²) in [6.45, 7) is 4.58. The van der Waals surface area contributed by atoms with Crippen molar-refractivity contribution in [3.8, 4) is 5.88 Å². The van der Waals surface area contributed by atoms with Crippen LogP contribution in [-0.4, -0.2) is 45.2 Å². The minimum Gasteiger partial charge on any atom is -0.472 e.